The predicted octanol–water partition coefficient (Wildman–Crippen LogP) is 3.28. The molecule has 3 amide bonds. The molecule has 1 unspecified atom stereocenters. The molecule has 0 aliphatic carbocycles. The van der Waals surface area contributed by atoms with E-state index in [1.165, 1.54) is 16.0 Å². The van der Waals surface area contributed by atoms with Gasteiger partial charge in [0.25, 0.3) is 5.91 Å². The highest BCUT2D eigenvalue weighted by molar-refractivity contribution is 6.04. The van der Waals surface area contributed by atoms with Crippen molar-refractivity contribution in [1.29, 1.82) is 0 Å². The number of urea groups is 1. The molecule has 2 aliphatic rings. The van der Waals surface area contributed by atoms with Crippen LogP contribution < -0.4 is 0 Å². The number of hydrogen-bond donors (Lipinski definition) is 0. The third kappa shape index (κ3) is 3.37. The van der Waals surface area contributed by atoms with Crippen LogP contribution in [0.4, 0.5) is 4.79 Å². The summed E-state index contributed by atoms with van der Waals surface area (Å²) in [7, 11) is 0. The van der Waals surface area contributed by atoms with Gasteiger partial charge in [-0.3, -0.25) is 14.6 Å². The van der Waals surface area contributed by atoms with E-state index in [2.05, 4.69) is 43.0 Å². The van der Waals surface area contributed by atoms with Crippen LogP contribution in [-0.4, -0.2) is 57.9 Å². The van der Waals surface area contributed by atoms with Crippen LogP contribution >= 0.6 is 0 Å². The first-order valence-electron chi connectivity index (χ1n) is 9.82. The largest absolute Gasteiger partial charge is 0.327 e. The third-order valence-corrected chi connectivity index (χ3v) is 5.79. The van der Waals surface area contributed by atoms with Crippen molar-refractivity contribution < 1.29 is 9.59 Å². The fourth-order valence-electron chi connectivity index (χ4n) is 4.23. The van der Waals surface area contributed by atoms with Crippen molar-refractivity contribution >= 4 is 11.9 Å². The van der Waals surface area contributed by atoms with Gasteiger partial charge in [-0.1, -0.05) is 38.1 Å². The molecule has 0 spiro atoms. The van der Waals surface area contributed by atoms with Crippen LogP contribution in [0.2, 0.25) is 0 Å². The fourth-order valence-corrected chi connectivity index (χ4v) is 4.23. The lowest BCUT2D eigenvalue weighted by molar-refractivity contribution is -0.129. The van der Waals surface area contributed by atoms with Crippen molar-refractivity contribution in [2.24, 2.45) is 0 Å². The van der Waals surface area contributed by atoms with E-state index in [1.54, 1.807) is 4.90 Å². The lowest BCUT2D eigenvalue weighted by Gasteiger charge is -2.43. The van der Waals surface area contributed by atoms with Crippen molar-refractivity contribution in [3.63, 3.8) is 0 Å². The first-order valence-corrected chi connectivity index (χ1v) is 9.82. The predicted molar refractivity (Wildman–Crippen MR) is 103 cm³/mol. The van der Waals surface area contributed by atoms with Gasteiger partial charge in [-0.25, -0.2) is 4.79 Å². The molecule has 2 heterocycles. The van der Waals surface area contributed by atoms with E-state index in [1.807, 2.05) is 13.8 Å². The van der Waals surface area contributed by atoms with E-state index >= 15 is 0 Å². The first-order chi connectivity index (χ1) is 12.4. The Morgan fingerprint density at radius 1 is 1.12 bits per heavy atom. The maximum Gasteiger partial charge on any atom is 0.327 e. The maximum absolute atomic E-state index is 12.8. The lowest BCUT2D eigenvalue weighted by atomic mass is 9.93. The van der Waals surface area contributed by atoms with Crippen LogP contribution in [0.25, 0.3) is 0 Å². The average molecular weight is 357 g/mol. The molecule has 0 N–H and O–H groups in total. The van der Waals surface area contributed by atoms with Crippen LogP contribution in [0.15, 0.2) is 24.3 Å². The van der Waals surface area contributed by atoms with Crippen molar-refractivity contribution in [1.82, 2.24) is 14.7 Å². The van der Waals surface area contributed by atoms with Gasteiger partial charge in [0.05, 0.1) is 0 Å². The van der Waals surface area contributed by atoms with E-state index in [0.29, 0.717) is 19.5 Å². The Bertz CT molecular complexity index is 686. The average Bonchev–Trinajstić information content (AvgIpc) is 2.85. The van der Waals surface area contributed by atoms with E-state index < -0.39 is 0 Å². The monoisotopic (exact) mass is 357 g/mol. The summed E-state index contributed by atoms with van der Waals surface area (Å²) < 4.78 is 0. The minimum Gasteiger partial charge on any atom is -0.312 e. The van der Waals surface area contributed by atoms with Crippen molar-refractivity contribution in [3.05, 3.63) is 35.4 Å². The van der Waals surface area contributed by atoms with Gasteiger partial charge in [0.1, 0.15) is 6.04 Å². The Balaban J connectivity index is 1.75. The molecule has 1 aromatic rings. The van der Waals surface area contributed by atoms with Crippen LogP contribution in [0.1, 0.15) is 51.7 Å². The van der Waals surface area contributed by atoms with Gasteiger partial charge in [0.15, 0.2) is 0 Å². The SMILES string of the molecule is CCCN1C(=O)N(CC(C)(C)N2CCc3ccccc3C2)C(=O)C1CC. The van der Waals surface area contributed by atoms with Gasteiger partial charge >= 0.3 is 6.03 Å². The summed E-state index contributed by atoms with van der Waals surface area (Å²) in [5.74, 6) is -0.0311. The Hall–Kier alpha value is -1.88. The molecule has 3 rings (SSSR count). The molecule has 5 heteroatoms. The number of imide groups is 1. The summed E-state index contributed by atoms with van der Waals surface area (Å²) in [4.78, 5) is 31.3. The minimum atomic E-state index is -0.291. The molecular weight excluding hydrogens is 326 g/mol. The molecule has 1 aromatic carbocycles. The second-order valence-electron chi connectivity index (χ2n) is 8.08. The zero-order chi connectivity index (χ0) is 18.9. The highest BCUT2D eigenvalue weighted by Crippen LogP contribution is 2.29. The number of carbonyl (C=O) groups is 2. The molecule has 142 valence electrons. The number of hydrogen-bond acceptors (Lipinski definition) is 3. The minimum absolute atomic E-state index is 0.0311. The van der Waals surface area contributed by atoms with Crippen LogP contribution in [-0.2, 0) is 17.8 Å². The fraction of sp³-hybridized carbons (Fsp3) is 0.619. The Labute approximate surface area is 156 Å². The third-order valence-electron chi connectivity index (χ3n) is 5.79. The normalized spacial score (nSPS) is 21.5. The zero-order valence-corrected chi connectivity index (χ0v) is 16.5. The van der Waals surface area contributed by atoms with Gasteiger partial charge in [-0.05, 0) is 44.2 Å². The number of benzene rings is 1. The topological polar surface area (TPSA) is 43.9 Å². The zero-order valence-electron chi connectivity index (χ0n) is 16.5. The highest BCUT2D eigenvalue weighted by Gasteiger charge is 2.46. The Morgan fingerprint density at radius 2 is 1.81 bits per heavy atom. The number of rotatable bonds is 6. The second kappa shape index (κ2) is 7.39. The van der Waals surface area contributed by atoms with Gasteiger partial charge < -0.3 is 4.90 Å². The molecule has 1 atom stereocenters. The van der Waals surface area contributed by atoms with Crippen molar-refractivity contribution in [2.45, 2.75) is 65.1 Å². The molecule has 0 bridgehead atoms. The van der Waals surface area contributed by atoms with Crippen LogP contribution in [0, 0.1) is 0 Å². The number of nitrogens with zero attached hydrogens (tertiary/aromatic N) is 3. The molecule has 1 saturated heterocycles. The summed E-state index contributed by atoms with van der Waals surface area (Å²) in [6.07, 6.45) is 2.56. The maximum atomic E-state index is 12.8. The van der Waals surface area contributed by atoms with Gasteiger partial charge in [0, 0.05) is 31.7 Å². The number of carbonyl (C=O) groups excluding carboxylic acids is 2. The molecule has 2 aliphatic heterocycles. The summed E-state index contributed by atoms with van der Waals surface area (Å²) in [6, 6.07) is 8.14. The van der Waals surface area contributed by atoms with E-state index in [9.17, 15) is 9.59 Å². The van der Waals surface area contributed by atoms with Crippen LogP contribution in [0.5, 0.6) is 0 Å². The summed E-state index contributed by atoms with van der Waals surface area (Å²) in [6.45, 7) is 11.2. The molecule has 5 nitrogen and oxygen atoms in total. The molecule has 1 fully saturated rings. The van der Waals surface area contributed by atoms with Gasteiger partial charge in [-0.2, -0.15) is 0 Å². The molecule has 26 heavy (non-hydrogen) atoms. The Kier molecular flexibility index (Phi) is 5.37. The quantitative estimate of drug-likeness (QED) is 0.734. The molecule has 0 saturated carbocycles. The van der Waals surface area contributed by atoms with Gasteiger partial charge in [0.2, 0.25) is 0 Å². The molecular formula is C21H31N3O2. The first kappa shape index (κ1) is 18.9. The van der Waals surface area contributed by atoms with Crippen molar-refractivity contribution in [3.8, 4) is 0 Å². The molecule has 0 radical (unpaired) electrons. The lowest BCUT2D eigenvalue weighted by Crippen LogP contribution is -2.54. The molecule has 0 aromatic heterocycles. The standard InChI is InChI=1S/C21H31N3O2/c1-5-12-23-18(6-2)19(25)24(20(23)26)15-21(3,4)22-13-11-16-9-7-8-10-17(16)14-22/h7-10,18H,5-6,11-15H2,1-4H3. The smallest absolute Gasteiger partial charge is 0.312 e. The van der Waals surface area contributed by atoms with Crippen LogP contribution in [0.3, 0.4) is 0 Å². The van der Waals surface area contributed by atoms with E-state index in [0.717, 1.165) is 25.9 Å². The van der Waals surface area contributed by atoms with E-state index in [4.69, 9.17) is 0 Å². The summed E-state index contributed by atoms with van der Waals surface area (Å²) in [5, 5.41) is 0. The number of fused-ring (bicyclic) bond motifs is 1. The van der Waals surface area contributed by atoms with Gasteiger partial charge in [-0.15, -0.1) is 0 Å². The summed E-state index contributed by atoms with van der Waals surface area (Å²) in [5.41, 5.74) is 2.51. The van der Waals surface area contributed by atoms with E-state index in [-0.39, 0.29) is 23.5 Å². The number of amides is 3. The van der Waals surface area contributed by atoms with Crippen molar-refractivity contribution in [2.75, 3.05) is 19.6 Å². The Morgan fingerprint density at radius 3 is 2.46 bits per heavy atom. The summed E-state index contributed by atoms with van der Waals surface area (Å²) >= 11 is 0. The highest BCUT2D eigenvalue weighted by atomic mass is 16.2. The second-order valence-corrected chi connectivity index (χ2v) is 8.08.